The zero-order valence-electron chi connectivity index (χ0n) is 10.4. The van der Waals surface area contributed by atoms with E-state index in [4.69, 9.17) is 9.47 Å². The number of hydrogen-bond acceptors (Lipinski definition) is 6. The van der Waals surface area contributed by atoms with E-state index in [2.05, 4.69) is 15.3 Å². The first-order valence-electron chi connectivity index (χ1n) is 5.83. The van der Waals surface area contributed by atoms with Gasteiger partial charge in [-0.1, -0.05) is 5.21 Å². The lowest BCUT2D eigenvalue weighted by molar-refractivity contribution is -0.142. The van der Waals surface area contributed by atoms with Crippen LogP contribution < -0.4 is 0 Å². The van der Waals surface area contributed by atoms with Crippen LogP contribution in [-0.4, -0.2) is 33.2 Å². The smallest absolute Gasteiger partial charge is 0.204 e. The Balaban J connectivity index is 2.03. The van der Waals surface area contributed by atoms with Crippen LogP contribution in [0.3, 0.4) is 0 Å². The SMILES string of the molecule is CCOC(OCC)c1cn(Cc2cscn2)nn1. The minimum absolute atomic E-state index is 0.441. The summed E-state index contributed by atoms with van der Waals surface area (Å²) in [7, 11) is 0. The summed E-state index contributed by atoms with van der Waals surface area (Å²) in [6.07, 6.45) is 1.39. The molecule has 0 aromatic carbocycles. The number of hydrogen-bond donors (Lipinski definition) is 0. The molecule has 2 aromatic heterocycles. The highest BCUT2D eigenvalue weighted by atomic mass is 32.1. The second-order valence-corrected chi connectivity index (χ2v) is 4.28. The number of aromatic nitrogens is 4. The Morgan fingerprint density at radius 2 is 2.11 bits per heavy atom. The lowest BCUT2D eigenvalue weighted by atomic mass is 10.4. The molecule has 0 aliphatic heterocycles. The predicted molar refractivity (Wildman–Crippen MR) is 67.2 cm³/mol. The summed E-state index contributed by atoms with van der Waals surface area (Å²) in [5.41, 5.74) is 3.46. The Morgan fingerprint density at radius 3 is 2.72 bits per heavy atom. The van der Waals surface area contributed by atoms with Crippen molar-refractivity contribution in [1.29, 1.82) is 0 Å². The van der Waals surface area contributed by atoms with E-state index in [9.17, 15) is 0 Å². The second-order valence-electron chi connectivity index (χ2n) is 3.56. The molecule has 0 unspecified atom stereocenters. The van der Waals surface area contributed by atoms with Crippen molar-refractivity contribution < 1.29 is 9.47 Å². The Labute approximate surface area is 110 Å². The lowest BCUT2D eigenvalue weighted by Crippen LogP contribution is -2.09. The van der Waals surface area contributed by atoms with Crippen molar-refractivity contribution >= 4 is 11.3 Å². The number of nitrogens with zero attached hydrogens (tertiary/aromatic N) is 4. The van der Waals surface area contributed by atoms with Gasteiger partial charge in [0.25, 0.3) is 0 Å². The van der Waals surface area contributed by atoms with Gasteiger partial charge in [-0.15, -0.1) is 16.4 Å². The third-order valence-corrected chi connectivity index (χ3v) is 2.88. The Bertz CT molecular complexity index is 451. The van der Waals surface area contributed by atoms with Crippen LogP contribution in [-0.2, 0) is 16.0 Å². The zero-order valence-corrected chi connectivity index (χ0v) is 11.3. The molecule has 0 aliphatic carbocycles. The Hall–Kier alpha value is -1.31. The maximum atomic E-state index is 5.47. The summed E-state index contributed by atoms with van der Waals surface area (Å²) in [5, 5.41) is 10.1. The molecule has 2 rings (SSSR count). The predicted octanol–water partition coefficient (Wildman–Crippen LogP) is 1.85. The highest BCUT2D eigenvalue weighted by molar-refractivity contribution is 7.07. The van der Waals surface area contributed by atoms with Gasteiger partial charge in [-0.3, -0.25) is 0 Å². The Kier molecular flexibility index (Phi) is 4.80. The molecular formula is C11H16N4O2S. The Morgan fingerprint density at radius 1 is 1.33 bits per heavy atom. The first-order chi connectivity index (χ1) is 8.83. The van der Waals surface area contributed by atoms with Crippen molar-refractivity contribution in [2.45, 2.75) is 26.7 Å². The van der Waals surface area contributed by atoms with Crippen LogP contribution in [0, 0.1) is 0 Å². The van der Waals surface area contributed by atoms with Crippen molar-refractivity contribution in [3.05, 3.63) is 28.5 Å². The molecule has 0 radical (unpaired) electrons. The fraction of sp³-hybridized carbons (Fsp3) is 0.545. The van der Waals surface area contributed by atoms with Crippen LogP contribution in [0.15, 0.2) is 17.1 Å². The normalized spacial score (nSPS) is 11.3. The number of rotatable bonds is 7. The number of ether oxygens (including phenoxy) is 2. The van der Waals surface area contributed by atoms with Crippen LogP contribution in [0.2, 0.25) is 0 Å². The summed E-state index contributed by atoms with van der Waals surface area (Å²) in [6, 6.07) is 0. The highest BCUT2D eigenvalue weighted by Crippen LogP contribution is 2.16. The van der Waals surface area contributed by atoms with E-state index in [1.807, 2.05) is 25.4 Å². The minimum Gasteiger partial charge on any atom is -0.347 e. The summed E-state index contributed by atoms with van der Waals surface area (Å²) in [6.45, 7) is 5.60. The molecule has 6 nitrogen and oxygen atoms in total. The summed E-state index contributed by atoms with van der Waals surface area (Å²) in [5.74, 6) is 0. The molecule has 18 heavy (non-hydrogen) atoms. The topological polar surface area (TPSA) is 62.1 Å². The molecule has 0 spiro atoms. The fourth-order valence-corrected chi connectivity index (χ4v) is 2.05. The van der Waals surface area contributed by atoms with Gasteiger partial charge >= 0.3 is 0 Å². The molecule has 98 valence electrons. The van der Waals surface area contributed by atoms with E-state index in [1.165, 1.54) is 0 Å². The van der Waals surface area contributed by atoms with Gasteiger partial charge < -0.3 is 9.47 Å². The van der Waals surface area contributed by atoms with Gasteiger partial charge in [0.2, 0.25) is 6.29 Å². The van der Waals surface area contributed by atoms with Gasteiger partial charge in [0.1, 0.15) is 5.69 Å². The molecule has 0 amide bonds. The van der Waals surface area contributed by atoms with Crippen LogP contribution in [0.1, 0.15) is 31.5 Å². The van der Waals surface area contributed by atoms with Gasteiger partial charge in [-0.25, -0.2) is 9.67 Å². The van der Waals surface area contributed by atoms with Crippen LogP contribution in [0.4, 0.5) is 0 Å². The van der Waals surface area contributed by atoms with E-state index in [0.29, 0.717) is 25.5 Å². The average molecular weight is 268 g/mol. The first kappa shape index (κ1) is 13.1. The molecule has 0 atom stereocenters. The third-order valence-electron chi connectivity index (χ3n) is 2.24. The molecule has 0 fully saturated rings. The molecule has 0 bridgehead atoms. The second kappa shape index (κ2) is 6.58. The minimum atomic E-state index is -0.441. The van der Waals surface area contributed by atoms with Crippen molar-refractivity contribution in [3.8, 4) is 0 Å². The van der Waals surface area contributed by atoms with Gasteiger partial charge in [-0.05, 0) is 13.8 Å². The monoisotopic (exact) mass is 268 g/mol. The van der Waals surface area contributed by atoms with E-state index in [1.54, 1.807) is 21.5 Å². The molecule has 0 N–H and O–H groups in total. The van der Waals surface area contributed by atoms with Crippen LogP contribution in [0.25, 0.3) is 0 Å². The molecule has 2 heterocycles. The van der Waals surface area contributed by atoms with Crippen molar-refractivity contribution in [1.82, 2.24) is 20.0 Å². The molecular weight excluding hydrogens is 252 g/mol. The summed E-state index contributed by atoms with van der Waals surface area (Å²) >= 11 is 1.57. The van der Waals surface area contributed by atoms with Crippen LogP contribution in [0.5, 0.6) is 0 Å². The number of thiazole rings is 1. The molecule has 0 aliphatic rings. The van der Waals surface area contributed by atoms with E-state index >= 15 is 0 Å². The van der Waals surface area contributed by atoms with Gasteiger partial charge in [0.15, 0.2) is 0 Å². The average Bonchev–Trinajstić information content (AvgIpc) is 3.01. The van der Waals surface area contributed by atoms with E-state index < -0.39 is 6.29 Å². The molecule has 0 saturated heterocycles. The summed E-state index contributed by atoms with van der Waals surface area (Å²) < 4.78 is 12.7. The quantitative estimate of drug-likeness (QED) is 0.717. The molecule has 0 saturated carbocycles. The lowest BCUT2D eigenvalue weighted by Gasteiger charge is -2.13. The maximum Gasteiger partial charge on any atom is 0.204 e. The van der Waals surface area contributed by atoms with Crippen molar-refractivity contribution in [2.24, 2.45) is 0 Å². The fourth-order valence-electron chi connectivity index (χ4n) is 1.50. The largest absolute Gasteiger partial charge is 0.347 e. The van der Waals surface area contributed by atoms with E-state index in [-0.39, 0.29) is 0 Å². The van der Waals surface area contributed by atoms with Crippen LogP contribution >= 0.6 is 11.3 Å². The van der Waals surface area contributed by atoms with Gasteiger partial charge in [0, 0.05) is 18.6 Å². The molecule has 7 heteroatoms. The maximum absolute atomic E-state index is 5.47. The first-order valence-corrected chi connectivity index (χ1v) is 6.78. The van der Waals surface area contributed by atoms with Crippen molar-refractivity contribution in [2.75, 3.05) is 13.2 Å². The van der Waals surface area contributed by atoms with Gasteiger partial charge in [-0.2, -0.15) is 0 Å². The molecule has 2 aromatic rings. The van der Waals surface area contributed by atoms with E-state index in [0.717, 1.165) is 5.69 Å². The summed E-state index contributed by atoms with van der Waals surface area (Å²) in [4.78, 5) is 4.21. The zero-order chi connectivity index (χ0) is 12.8. The van der Waals surface area contributed by atoms with Crippen molar-refractivity contribution in [3.63, 3.8) is 0 Å². The third kappa shape index (κ3) is 3.34. The van der Waals surface area contributed by atoms with Gasteiger partial charge in [0.05, 0.1) is 23.9 Å². The standard InChI is InChI=1S/C11H16N4O2S/c1-3-16-11(17-4-2)10-6-15(14-13-10)5-9-7-18-8-12-9/h6-8,11H,3-5H2,1-2H3. The highest BCUT2D eigenvalue weighted by Gasteiger charge is 2.15.